The lowest BCUT2D eigenvalue weighted by atomic mass is 9.75. The number of fused-ring (bicyclic) bond motifs is 7. The van der Waals surface area contributed by atoms with E-state index in [-0.39, 0.29) is 12.1 Å². The van der Waals surface area contributed by atoms with Crippen molar-refractivity contribution < 1.29 is 24.1 Å². The van der Waals surface area contributed by atoms with E-state index in [0.717, 1.165) is 88.7 Å². The van der Waals surface area contributed by atoms with Crippen molar-refractivity contribution in [3.05, 3.63) is 148 Å². The highest BCUT2D eigenvalue weighted by Crippen LogP contribution is 2.59. The smallest absolute Gasteiger partial charge is 0.343 e. The molecule has 0 amide bonds. The number of hydrogen-bond acceptors (Lipinski definition) is 7. The second kappa shape index (κ2) is 14.6. The number of benzene rings is 4. The van der Waals surface area contributed by atoms with Gasteiger partial charge in [0.2, 0.25) is 0 Å². The third kappa shape index (κ3) is 6.31. The average Bonchev–Trinajstić information content (AvgIpc) is 3.48. The van der Waals surface area contributed by atoms with Crippen LogP contribution < -0.4 is 19.3 Å². The molecule has 4 aliphatic rings. The third-order valence-corrected chi connectivity index (χ3v) is 11.4. The molecule has 0 saturated carbocycles. The van der Waals surface area contributed by atoms with E-state index in [2.05, 4.69) is 53.1 Å². The number of aryl methyl sites for hydroxylation is 1. The van der Waals surface area contributed by atoms with E-state index >= 15 is 0 Å². The van der Waals surface area contributed by atoms with Gasteiger partial charge in [0.25, 0.3) is 0 Å². The monoisotopic (exact) mass is 708 g/mol. The van der Waals surface area contributed by atoms with Crippen molar-refractivity contribution in [2.45, 2.75) is 64.1 Å². The fraction of sp³-hybridized carbons (Fsp3) is 0.326. The zero-order chi connectivity index (χ0) is 36.5. The van der Waals surface area contributed by atoms with Crippen LogP contribution in [0.25, 0.3) is 5.57 Å². The first-order valence-electron chi connectivity index (χ1n) is 19.2. The molecule has 2 unspecified atom stereocenters. The molecule has 0 aromatic heterocycles. The Morgan fingerprint density at radius 3 is 2.38 bits per heavy atom. The number of carbonyl (C=O) groups excluding carboxylic acids is 1. The SMILES string of the molecule is CCCCCCc1ccc(C(=O)Oc2ccc(N3CCN(c4cc5c(cc4OC)C4OC=CC=C4C4=C5c5ccccc5C4(O)CC)CC3)cc2)cc1. The molecule has 1 N–H and O–H groups in total. The summed E-state index contributed by atoms with van der Waals surface area (Å²) in [5.41, 5.74) is 10.0. The lowest BCUT2D eigenvalue weighted by molar-refractivity contribution is 0.0713. The van der Waals surface area contributed by atoms with Crippen LogP contribution in [0.2, 0.25) is 0 Å². The van der Waals surface area contributed by atoms with E-state index in [1.165, 1.54) is 31.2 Å². The number of aliphatic hydroxyl groups is 1. The first-order chi connectivity index (χ1) is 25.9. The minimum Gasteiger partial charge on any atom is -0.495 e. The fourth-order valence-electron chi connectivity index (χ4n) is 8.54. The van der Waals surface area contributed by atoms with Crippen molar-refractivity contribution in [1.29, 1.82) is 0 Å². The molecule has 7 nitrogen and oxygen atoms in total. The zero-order valence-corrected chi connectivity index (χ0v) is 30.9. The maximum atomic E-state index is 12.9. The van der Waals surface area contributed by atoms with Crippen molar-refractivity contribution in [1.82, 2.24) is 0 Å². The lowest BCUT2D eigenvalue weighted by Gasteiger charge is -2.39. The first-order valence-corrected chi connectivity index (χ1v) is 19.2. The van der Waals surface area contributed by atoms with Crippen LogP contribution in [0.3, 0.4) is 0 Å². The molecule has 2 aliphatic carbocycles. The highest BCUT2D eigenvalue weighted by molar-refractivity contribution is 5.97. The van der Waals surface area contributed by atoms with Crippen LogP contribution in [-0.4, -0.2) is 44.4 Å². The van der Waals surface area contributed by atoms with Gasteiger partial charge >= 0.3 is 5.97 Å². The Kier molecular flexibility index (Phi) is 9.60. The molecule has 0 spiro atoms. The van der Waals surface area contributed by atoms with E-state index in [1.54, 1.807) is 13.4 Å². The summed E-state index contributed by atoms with van der Waals surface area (Å²) in [5.74, 6) is 1.00. The average molecular weight is 709 g/mol. The Morgan fingerprint density at radius 1 is 0.887 bits per heavy atom. The fourth-order valence-corrected chi connectivity index (χ4v) is 8.54. The Hall–Kier alpha value is -5.27. The summed E-state index contributed by atoms with van der Waals surface area (Å²) in [6, 6.07) is 28.2. The predicted octanol–water partition coefficient (Wildman–Crippen LogP) is 9.30. The molecular weight excluding hydrogens is 661 g/mol. The highest BCUT2D eigenvalue weighted by atomic mass is 16.5. The number of nitrogens with zero attached hydrogens (tertiary/aromatic N) is 2. The van der Waals surface area contributed by atoms with Gasteiger partial charge in [-0.2, -0.15) is 0 Å². The lowest BCUT2D eigenvalue weighted by Crippen LogP contribution is -2.46. The number of methoxy groups -OCH3 is 1. The van der Waals surface area contributed by atoms with Crippen molar-refractivity contribution >= 4 is 22.9 Å². The Morgan fingerprint density at radius 2 is 1.64 bits per heavy atom. The van der Waals surface area contributed by atoms with Gasteiger partial charge in [-0.1, -0.05) is 75.6 Å². The van der Waals surface area contributed by atoms with Gasteiger partial charge in [-0.3, -0.25) is 0 Å². The van der Waals surface area contributed by atoms with E-state index < -0.39 is 5.60 Å². The van der Waals surface area contributed by atoms with Gasteiger partial charge in [0.15, 0.2) is 0 Å². The molecule has 4 aromatic rings. The minimum absolute atomic E-state index is 0.325. The second-order valence-electron chi connectivity index (χ2n) is 14.5. The molecule has 2 atom stereocenters. The number of anilines is 2. The summed E-state index contributed by atoms with van der Waals surface area (Å²) in [6.07, 6.45) is 11.9. The van der Waals surface area contributed by atoms with Crippen LogP contribution in [0, 0.1) is 0 Å². The summed E-state index contributed by atoms with van der Waals surface area (Å²) in [6.45, 7) is 7.51. The van der Waals surface area contributed by atoms with Crippen LogP contribution in [0.4, 0.5) is 11.4 Å². The molecule has 1 fully saturated rings. The molecule has 1 saturated heterocycles. The number of esters is 1. The summed E-state index contributed by atoms with van der Waals surface area (Å²) >= 11 is 0. The largest absolute Gasteiger partial charge is 0.495 e. The molecule has 272 valence electrons. The van der Waals surface area contributed by atoms with Crippen LogP contribution in [0.15, 0.2) is 114 Å². The van der Waals surface area contributed by atoms with Crippen LogP contribution in [0.1, 0.15) is 90.2 Å². The summed E-state index contributed by atoms with van der Waals surface area (Å²) < 4.78 is 18.1. The molecule has 2 heterocycles. The summed E-state index contributed by atoms with van der Waals surface area (Å²) in [7, 11) is 1.73. The molecule has 4 aromatic carbocycles. The molecule has 0 radical (unpaired) electrons. The summed E-state index contributed by atoms with van der Waals surface area (Å²) in [4.78, 5) is 17.6. The van der Waals surface area contributed by atoms with Gasteiger partial charge in [-0.05, 0) is 102 Å². The van der Waals surface area contributed by atoms with E-state index in [1.807, 2.05) is 67.6 Å². The highest BCUT2D eigenvalue weighted by Gasteiger charge is 2.49. The Bertz CT molecular complexity index is 2090. The van der Waals surface area contributed by atoms with E-state index in [0.29, 0.717) is 17.7 Å². The van der Waals surface area contributed by atoms with Gasteiger partial charge in [0.05, 0.1) is 24.6 Å². The van der Waals surface area contributed by atoms with Crippen molar-refractivity contribution in [2.24, 2.45) is 0 Å². The molecular formula is C46H48N2O5. The van der Waals surface area contributed by atoms with Gasteiger partial charge in [0.1, 0.15) is 23.2 Å². The molecule has 0 bridgehead atoms. The number of piperazine rings is 1. The topological polar surface area (TPSA) is 71.5 Å². The van der Waals surface area contributed by atoms with Crippen LogP contribution in [-0.2, 0) is 16.8 Å². The van der Waals surface area contributed by atoms with E-state index in [9.17, 15) is 9.90 Å². The third-order valence-electron chi connectivity index (χ3n) is 11.4. The van der Waals surface area contributed by atoms with Crippen LogP contribution >= 0.6 is 0 Å². The van der Waals surface area contributed by atoms with Crippen molar-refractivity contribution in [2.75, 3.05) is 43.1 Å². The van der Waals surface area contributed by atoms with Gasteiger partial charge < -0.3 is 29.1 Å². The Labute approximate surface area is 312 Å². The second-order valence-corrected chi connectivity index (χ2v) is 14.5. The van der Waals surface area contributed by atoms with Crippen LogP contribution in [0.5, 0.6) is 11.5 Å². The first kappa shape index (κ1) is 34.8. The predicted molar refractivity (Wildman–Crippen MR) is 211 cm³/mol. The number of carbonyl (C=O) groups is 1. The standard InChI is InChI=1S/C46H48N2O5/c1-4-6-7-8-12-31-16-18-32(19-17-31)45(49)53-34-22-20-33(21-23-34)47-24-26-48(27-25-47)40-29-37-38(30-41(40)51-3)44-36(14-11-28-52-44)43-42(37)35-13-9-10-15-39(35)46(43,50)5-2/h9-11,13-23,28-30,44,50H,4-8,12,24-27H2,1-3H3. The number of allylic oxidation sites excluding steroid dienone is 2. The molecule has 2 aliphatic heterocycles. The molecule has 53 heavy (non-hydrogen) atoms. The number of ether oxygens (including phenoxy) is 3. The van der Waals surface area contributed by atoms with Crippen molar-refractivity contribution in [3.8, 4) is 11.5 Å². The maximum absolute atomic E-state index is 12.9. The maximum Gasteiger partial charge on any atom is 0.343 e. The number of hydrogen-bond donors (Lipinski definition) is 1. The molecule has 7 heteroatoms. The zero-order valence-electron chi connectivity index (χ0n) is 30.9. The quantitative estimate of drug-likeness (QED) is 0.0946. The van der Waals surface area contributed by atoms with Gasteiger partial charge in [-0.15, -0.1) is 0 Å². The molecule has 8 rings (SSSR count). The minimum atomic E-state index is -1.10. The van der Waals surface area contributed by atoms with E-state index in [4.69, 9.17) is 14.2 Å². The normalized spacial score (nSPS) is 19.8. The number of unbranched alkanes of at least 4 members (excludes halogenated alkanes) is 3. The summed E-state index contributed by atoms with van der Waals surface area (Å²) in [5, 5.41) is 12.3. The van der Waals surface area contributed by atoms with Gasteiger partial charge in [-0.25, -0.2) is 4.79 Å². The van der Waals surface area contributed by atoms with Crippen molar-refractivity contribution in [3.63, 3.8) is 0 Å². The Balaban J connectivity index is 0.979. The number of rotatable bonds is 11. The van der Waals surface area contributed by atoms with Gasteiger partial charge in [0, 0.05) is 48.6 Å².